The number of halogens is 3. The van der Waals surface area contributed by atoms with Crippen LogP contribution in [0.5, 0.6) is 0 Å². The van der Waals surface area contributed by atoms with E-state index in [1.54, 1.807) is 4.68 Å². The number of nitrogens with one attached hydrogen (secondary N) is 1. The van der Waals surface area contributed by atoms with Crippen LogP contribution in [0.1, 0.15) is 12.6 Å². The number of hydrogen-bond donors (Lipinski definition) is 1. The van der Waals surface area contributed by atoms with Crippen LogP contribution in [0.4, 0.5) is 13.2 Å². The van der Waals surface area contributed by atoms with Gasteiger partial charge in [0.2, 0.25) is 0 Å². The normalized spacial score (nSPS) is 14.0. The van der Waals surface area contributed by atoms with E-state index in [9.17, 15) is 13.2 Å². The van der Waals surface area contributed by atoms with Gasteiger partial charge in [0.15, 0.2) is 0 Å². The maximum atomic E-state index is 11.9. The molecule has 0 amide bonds. The second-order valence-corrected chi connectivity index (χ2v) is 5.38. The predicted molar refractivity (Wildman–Crippen MR) is 62.2 cm³/mol. The summed E-state index contributed by atoms with van der Waals surface area (Å²) in [4.78, 5) is 0. The van der Waals surface area contributed by atoms with Crippen LogP contribution in [0.3, 0.4) is 0 Å². The fourth-order valence-electron chi connectivity index (χ4n) is 1.36. The van der Waals surface area contributed by atoms with Crippen molar-refractivity contribution in [1.82, 2.24) is 15.1 Å². The minimum Gasteiger partial charge on any atom is -0.308 e. The van der Waals surface area contributed by atoms with Gasteiger partial charge in [0.1, 0.15) is 0 Å². The van der Waals surface area contributed by atoms with E-state index in [1.807, 2.05) is 27.0 Å². The molecule has 7 heteroatoms. The van der Waals surface area contributed by atoms with E-state index >= 15 is 0 Å². The highest BCUT2D eigenvalue weighted by molar-refractivity contribution is 7.99. The lowest BCUT2D eigenvalue weighted by molar-refractivity contribution is -0.124. The van der Waals surface area contributed by atoms with Gasteiger partial charge >= 0.3 is 6.18 Å². The van der Waals surface area contributed by atoms with Gasteiger partial charge in [-0.2, -0.15) is 18.3 Å². The summed E-state index contributed by atoms with van der Waals surface area (Å²) in [6, 6.07) is 1.92. The summed E-state index contributed by atoms with van der Waals surface area (Å²) in [6.07, 6.45) is -4.15. The molecule has 0 bridgehead atoms. The summed E-state index contributed by atoms with van der Waals surface area (Å²) in [5, 5.41) is 7.60. The number of nitrogens with zero attached hydrogens (tertiary/aromatic N) is 2. The number of aromatic nitrogens is 2. The van der Waals surface area contributed by atoms with Gasteiger partial charge in [-0.15, -0.1) is 11.8 Å². The van der Waals surface area contributed by atoms with E-state index < -0.39 is 12.7 Å². The number of hydrogen-bond acceptors (Lipinski definition) is 3. The molecular weight excluding hydrogens is 251 g/mol. The third kappa shape index (κ3) is 5.45. The maximum Gasteiger partial charge on any atom is 0.401 e. The minimum atomic E-state index is -4.15. The number of alkyl halides is 3. The van der Waals surface area contributed by atoms with Crippen LogP contribution in [-0.2, 0) is 7.05 Å². The van der Waals surface area contributed by atoms with Crippen LogP contribution in [0.15, 0.2) is 11.1 Å². The van der Waals surface area contributed by atoms with Crippen molar-refractivity contribution in [3.8, 4) is 0 Å². The summed E-state index contributed by atoms with van der Waals surface area (Å²) in [6.45, 7) is 3.14. The van der Waals surface area contributed by atoms with Gasteiger partial charge in [-0.05, 0) is 13.0 Å². The molecule has 1 aromatic rings. The van der Waals surface area contributed by atoms with Gasteiger partial charge in [-0.1, -0.05) is 6.92 Å². The first kappa shape index (κ1) is 14.4. The molecule has 0 spiro atoms. The lowest BCUT2D eigenvalue weighted by atomic mass is 10.4. The highest BCUT2D eigenvalue weighted by Gasteiger charge is 2.26. The fourth-order valence-corrected chi connectivity index (χ4v) is 2.41. The molecule has 3 nitrogen and oxygen atoms in total. The highest BCUT2D eigenvalue weighted by atomic mass is 32.2. The zero-order chi connectivity index (χ0) is 13.1. The lowest BCUT2D eigenvalue weighted by Crippen LogP contribution is -2.32. The summed E-state index contributed by atoms with van der Waals surface area (Å²) in [5.41, 5.74) is 0.908. The Morgan fingerprint density at radius 3 is 2.65 bits per heavy atom. The number of thioether (sulfide) groups is 1. The van der Waals surface area contributed by atoms with Crippen molar-refractivity contribution in [2.24, 2.45) is 7.05 Å². The molecular formula is C10H16F3N3S. The molecule has 1 N–H and O–H groups in total. The van der Waals surface area contributed by atoms with Crippen molar-refractivity contribution >= 4 is 11.8 Å². The molecule has 0 aliphatic carbocycles. The van der Waals surface area contributed by atoms with Crippen molar-refractivity contribution in [2.75, 3.05) is 13.1 Å². The van der Waals surface area contributed by atoms with Gasteiger partial charge < -0.3 is 5.32 Å². The second-order valence-electron chi connectivity index (χ2n) is 3.92. The number of rotatable bonds is 5. The van der Waals surface area contributed by atoms with E-state index in [-0.39, 0.29) is 5.25 Å². The van der Waals surface area contributed by atoms with E-state index in [0.29, 0.717) is 6.54 Å². The zero-order valence-corrected chi connectivity index (χ0v) is 10.8. The Kier molecular flexibility index (Phi) is 4.88. The second kappa shape index (κ2) is 5.77. The quantitative estimate of drug-likeness (QED) is 0.831. The first-order valence-corrected chi connectivity index (χ1v) is 6.10. The van der Waals surface area contributed by atoms with Crippen LogP contribution in [-0.4, -0.2) is 34.3 Å². The van der Waals surface area contributed by atoms with Gasteiger partial charge in [0, 0.05) is 18.8 Å². The lowest BCUT2D eigenvalue weighted by Gasteiger charge is -2.13. The predicted octanol–water partition coefficient (Wildman–Crippen LogP) is 2.36. The summed E-state index contributed by atoms with van der Waals surface area (Å²) < 4.78 is 37.5. The number of aryl methyl sites for hydroxylation is 2. The highest BCUT2D eigenvalue weighted by Crippen LogP contribution is 2.23. The molecule has 98 valence electrons. The van der Waals surface area contributed by atoms with Crippen molar-refractivity contribution < 1.29 is 13.2 Å². The van der Waals surface area contributed by atoms with Crippen LogP contribution >= 0.6 is 11.8 Å². The topological polar surface area (TPSA) is 29.9 Å². The molecule has 17 heavy (non-hydrogen) atoms. The SMILES string of the molecule is Cc1cc(SC(C)CNCC(F)(F)F)n(C)n1. The molecule has 0 aromatic carbocycles. The van der Waals surface area contributed by atoms with Crippen LogP contribution in [0, 0.1) is 6.92 Å². The Balaban J connectivity index is 2.35. The Morgan fingerprint density at radius 1 is 1.53 bits per heavy atom. The molecule has 1 aromatic heterocycles. The maximum absolute atomic E-state index is 11.9. The molecule has 0 saturated heterocycles. The average Bonchev–Trinajstić information content (AvgIpc) is 2.42. The largest absolute Gasteiger partial charge is 0.401 e. The van der Waals surface area contributed by atoms with Gasteiger partial charge in [-0.25, -0.2) is 0 Å². The van der Waals surface area contributed by atoms with E-state index in [2.05, 4.69) is 10.4 Å². The van der Waals surface area contributed by atoms with Crippen molar-refractivity contribution in [3.05, 3.63) is 11.8 Å². The first-order valence-electron chi connectivity index (χ1n) is 5.22. The standard InChI is InChI=1S/C10H16F3N3S/c1-7-4-9(16(3)15-7)17-8(2)5-14-6-10(11,12)13/h4,8,14H,5-6H2,1-3H3. The van der Waals surface area contributed by atoms with Crippen LogP contribution in [0.2, 0.25) is 0 Å². The molecule has 0 fully saturated rings. The molecule has 0 aliphatic rings. The van der Waals surface area contributed by atoms with E-state index in [4.69, 9.17) is 0 Å². The minimum absolute atomic E-state index is 0.0622. The smallest absolute Gasteiger partial charge is 0.308 e. The Labute approximate surface area is 103 Å². The molecule has 0 saturated carbocycles. The molecule has 0 aliphatic heterocycles. The van der Waals surface area contributed by atoms with Gasteiger partial charge in [0.25, 0.3) is 0 Å². The van der Waals surface area contributed by atoms with Crippen LogP contribution < -0.4 is 5.32 Å². The zero-order valence-electron chi connectivity index (χ0n) is 10.0. The Morgan fingerprint density at radius 2 is 2.18 bits per heavy atom. The summed E-state index contributed by atoms with van der Waals surface area (Å²) >= 11 is 1.51. The Bertz CT molecular complexity index is 362. The van der Waals surface area contributed by atoms with E-state index in [0.717, 1.165) is 10.7 Å². The van der Waals surface area contributed by atoms with E-state index in [1.165, 1.54) is 11.8 Å². The summed E-state index contributed by atoms with van der Waals surface area (Å²) in [5.74, 6) is 0. The first-order chi connectivity index (χ1) is 7.78. The van der Waals surface area contributed by atoms with Gasteiger partial charge in [-0.3, -0.25) is 4.68 Å². The summed E-state index contributed by atoms with van der Waals surface area (Å²) in [7, 11) is 1.82. The van der Waals surface area contributed by atoms with Crippen molar-refractivity contribution in [3.63, 3.8) is 0 Å². The molecule has 0 radical (unpaired) electrons. The fraction of sp³-hybridized carbons (Fsp3) is 0.700. The van der Waals surface area contributed by atoms with Crippen molar-refractivity contribution in [1.29, 1.82) is 0 Å². The van der Waals surface area contributed by atoms with Crippen LogP contribution in [0.25, 0.3) is 0 Å². The third-order valence-electron chi connectivity index (χ3n) is 2.04. The Hall–Kier alpha value is -0.690. The van der Waals surface area contributed by atoms with Gasteiger partial charge in [0.05, 0.1) is 17.3 Å². The molecule has 1 heterocycles. The van der Waals surface area contributed by atoms with Crippen molar-refractivity contribution in [2.45, 2.75) is 30.3 Å². The average molecular weight is 267 g/mol. The monoisotopic (exact) mass is 267 g/mol. The third-order valence-corrected chi connectivity index (χ3v) is 3.23. The molecule has 1 atom stereocenters. The molecule has 1 rings (SSSR count). The molecule has 1 unspecified atom stereocenters.